The molecular formula is C13H10Cl2N2O2. The van der Waals surface area contributed by atoms with Gasteiger partial charge in [-0.25, -0.2) is 14.8 Å². The van der Waals surface area contributed by atoms with Crippen LogP contribution in [0.25, 0.3) is 0 Å². The molecule has 1 aromatic heterocycles. The molecule has 98 valence electrons. The molecule has 0 aliphatic heterocycles. The number of aromatic carboxylic acids is 1. The van der Waals surface area contributed by atoms with Gasteiger partial charge in [-0.2, -0.15) is 0 Å². The number of aromatic nitrogens is 2. The first kappa shape index (κ1) is 13.8. The van der Waals surface area contributed by atoms with E-state index in [-0.39, 0.29) is 11.0 Å². The fraction of sp³-hybridized carbons (Fsp3) is 0.154. The van der Waals surface area contributed by atoms with E-state index in [1.807, 2.05) is 18.2 Å². The Morgan fingerprint density at radius 3 is 2.53 bits per heavy atom. The van der Waals surface area contributed by atoms with Gasteiger partial charge in [0.1, 0.15) is 5.15 Å². The molecule has 0 radical (unpaired) electrons. The van der Waals surface area contributed by atoms with Crippen LogP contribution in [-0.4, -0.2) is 21.0 Å². The summed E-state index contributed by atoms with van der Waals surface area (Å²) in [6.45, 7) is 1.70. The van der Waals surface area contributed by atoms with Crippen molar-refractivity contribution < 1.29 is 9.90 Å². The first-order valence-electron chi connectivity index (χ1n) is 5.48. The number of benzene rings is 1. The SMILES string of the molecule is Cc1nc(C(=O)O)nc(Cl)c1Cc1ccccc1Cl. The summed E-state index contributed by atoms with van der Waals surface area (Å²) in [7, 11) is 0. The van der Waals surface area contributed by atoms with Crippen LogP contribution in [0, 0.1) is 6.92 Å². The van der Waals surface area contributed by atoms with Gasteiger partial charge in [0.05, 0.1) is 0 Å². The second-order valence-corrected chi connectivity index (χ2v) is 4.74. The summed E-state index contributed by atoms with van der Waals surface area (Å²) >= 11 is 12.1. The quantitative estimate of drug-likeness (QED) is 0.882. The van der Waals surface area contributed by atoms with Crippen LogP contribution >= 0.6 is 23.2 Å². The third kappa shape index (κ3) is 3.03. The highest BCUT2D eigenvalue weighted by Gasteiger charge is 2.15. The first-order valence-corrected chi connectivity index (χ1v) is 6.24. The van der Waals surface area contributed by atoms with Gasteiger partial charge < -0.3 is 5.11 Å². The minimum atomic E-state index is -1.20. The fourth-order valence-electron chi connectivity index (χ4n) is 1.69. The van der Waals surface area contributed by atoms with Crippen LogP contribution in [0.4, 0.5) is 0 Å². The van der Waals surface area contributed by atoms with E-state index in [1.165, 1.54) is 0 Å². The van der Waals surface area contributed by atoms with E-state index >= 15 is 0 Å². The molecule has 6 heteroatoms. The second-order valence-electron chi connectivity index (χ2n) is 3.98. The standard InChI is InChI=1S/C13H10Cl2N2O2/c1-7-9(6-8-4-2-3-5-10(8)14)11(15)17-12(16-7)13(18)19/h2-5H,6H2,1H3,(H,18,19). The van der Waals surface area contributed by atoms with Crippen LogP contribution in [0.3, 0.4) is 0 Å². The molecule has 0 saturated carbocycles. The summed E-state index contributed by atoms with van der Waals surface area (Å²) in [6, 6.07) is 7.37. The summed E-state index contributed by atoms with van der Waals surface area (Å²) in [5.41, 5.74) is 2.11. The van der Waals surface area contributed by atoms with Gasteiger partial charge in [-0.15, -0.1) is 0 Å². The molecule has 1 aromatic carbocycles. The Kier molecular flexibility index (Phi) is 4.02. The molecule has 0 unspecified atom stereocenters. The van der Waals surface area contributed by atoms with Crippen molar-refractivity contribution in [1.29, 1.82) is 0 Å². The van der Waals surface area contributed by atoms with Crippen molar-refractivity contribution >= 4 is 29.2 Å². The van der Waals surface area contributed by atoms with Crippen molar-refractivity contribution in [3.63, 3.8) is 0 Å². The smallest absolute Gasteiger partial charge is 0.373 e. The van der Waals surface area contributed by atoms with Crippen LogP contribution in [0.1, 0.15) is 27.4 Å². The summed E-state index contributed by atoms with van der Waals surface area (Å²) in [5, 5.41) is 9.62. The molecule has 1 heterocycles. The van der Waals surface area contributed by atoms with E-state index < -0.39 is 5.97 Å². The van der Waals surface area contributed by atoms with Gasteiger partial charge >= 0.3 is 5.97 Å². The predicted molar refractivity (Wildman–Crippen MR) is 73.0 cm³/mol. The van der Waals surface area contributed by atoms with Crippen LogP contribution in [0.5, 0.6) is 0 Å². The second kappa shape index (κ2) is 5.55. The summed E-state index contributed by atoms with van der Waals surface area (Å²) < 4.78 is 0. The van der Waals surface area contributed by atoms with Crippen LogP contribution in [0.2, 0.25) is 10.2 Å². The van der Waals surface area contributed by atoms with E-state index in [4.69, 9.17) is 28.3 Å². The lowest BCUT2D eigenvalue weighted by atomic mass is 10.1. The first-order chi connectivity index (χ1) is 8.99. The van der Waals surface area contributed by atoms with Gasteiger partial charge in [-0.05, 0) is 18.6 Å². The van der Waals surface area contributed by atoms with E-state index in [1.54, 1.807) is 13.0 Å². The Labute approximate surface area is 120 Å². The number of carboxylic acids is 1. The Morgan fingerprint density at radius 2 is 1.95 bits per heavy atom. The van der Waals surface area contributed by atoms with Crippen LogP contribution in [0.15, 0.2) is 24.3 Å². The highest BCUT2D eigenvalue weighted by atomic mass is 35.5. The van der Waals surface area contributed by atoms with Crippen LogP contribution < -0.4 is 0 Å². The normalized spacial score (nSPS) is 10.5. The van der Waals surface area contributed by atoms with Crippen molar-refractivity contribution in [3.8, 4) is 0 Å². The molecular weight excluding hydrogens is 287 g/mol. The number of nitrogens with zero attached hydrogens (tertiary/aromatic N) is 2. The van der Waals surface area contributed by atoms with Crippen molar-refractivity contribution in [3.05, 3.63) is 57.1 Å². The fourth-order valence-corrected chi connectivity index (χ4v) is 2.18. The largest absolute Gasteiger partial charge is 0.475 e. The maximum atomic E-state index is 10.8. The molecule has 1 N–H and O–H groups in total. The van der Waals surface area contributed by atoms with Crippen molar-refractivity contribution in [2.75, 3.05) is 0 Å². The molecule has 19 heavy (non-hydrogen) atoms. The monoisotopic (exact) mass is 296 g/mol. The third-order valence-corrected chi connectivity index (χ3v) is 3.36. The zero-order chi connectivity index (χ0) is 14.0. The summed E-state index contributed by atoms with van der Waals surface area (Å²) in [6.07, 6.45) is 0.463. The molecule has 0 aliphatic rings. The van der Waals surface area contributed by atoms with Crippen molar-refractivity contribution in [1.82, 2.24) is 9.97 Å². The maximum absolute atomic E-state index is 10.8. The highest BCUT2D eigenvalue weighted by molar-refractivity contribution is 6.31. The highest BCUT2D eigenvalue weighted by Crippen LogP contribution is 2.24. The van der Waals surface area contributed by atoms with Crippen molar-refractivity contribution in [2.24, 2.45) is 0 Å². The number of rotatable bonds is 3. The lowest BCUT2D eigenvalue weighted by Gasteiger charge is -2.09. The molecule has 4 nitrogen and oxygen atoms in total. The van der Waals surface area contributed by atoms with Gasteiger partial charge in [0.15, 0.2) is 0 Å². The minimum absolute atomic E-state index is 0.143. The maximum Gasteiger partial charge on any atom is 0.373 e. The topological polar surface area (TPSA) is 63.1 Å². The molecule has 0 bridgehead atoms. The number of aryl methyl sites for hydroxylation is 1. The molecule has 0 fully saturated rings. The lowest BCUT2D eigenvalue weighted by molar-refractivity contribution is 0.0683. The Hall–Kier alpha value is -1.65. The number of hydrogen-bond acceptors (Lipinski definition) is 3. The summed E-state index contributed by atoms with van der Waals surface area (Å²) in [5.74, 6) is -1.50. The number of halogens is 2. The summed E-state index contributed by atoms with van der Waals surface area (Å²) in [4.78, 5) is 18.5. The van der Waals surface area contributed by atoms with Crippen molar-refractivity contribution in [2.45, 2.75) is 13.3 Å². The van der Waals surface area contributed by atoms with Gasteiger partial charge in [-0.3, -0.25) is 0 Å². The van der Waals surface area contributed by atoms with Crippen LogP contribution in [-0.2, 0) is 6.42 Å². The minimum Gasteiger partial charge on any atom is -0.475 e. The zero-order valence-corrected chi connectivity index (χ0v) is 11.5. The zero-order valence-electron chi connectivity index (χ0n) is 10.0. The van der Waals surface area contributed by atoms with E-state index in [2.05, 4.69) is 9.97 Å². The van der Waals surface area contributed by atoms with Gasteiger partial charge in [0.25, 0.3) is 0 Å². The van der Waals surface area contributed by atoms with E-state index in [9.17, 15) is 4.79 Å². The molecule has 0 aliphatic carbocycles. The van der Waals surface area contributed by atoms with Gasteiger partial charge in [0, 0.05) is 22.7 Å². The number of carboxylic acid groups (broad SMARTS) is 1. The molecule has 2 aromatic rings. The average molecular weight is 297 g/mol. The van der Waals surface area contributed by atoms with Gasteiger partial charge in [-0.1, -0.05) is 41.4 Å². The number of hydrogen-bond donors (Lipinski definition) is 1. The predicted octanol–water partition coefficient (Wildman–Crippen LogP) is 3.38. The van der Waals surface area contributed by atoms with E-state index in [0.717, 1.165) is 5.56 Å². The Balaban J connectivity index is 2.42. The lowest BCUT2D eigenvalue weighted by Crippen LogP contribution is -2.09. The molecule has 2 rings (SSSR count). The number of carbonyl (C=O) groups is 1. The molecule has 0 atom stereocenters. The molecule has 0 spiro atoms. The molecule has 0 saturated heterocycles. The average Bonchev–Trinajstić information content (AvgIpc) is 2.35. The Morgan fingerprint density at radius 1 is 1.26 bits per heavy atom. The Bertz CT molecular complexity index is 621. The third-order valence-electron chi connectivity index (χ3n) is 2.68. The molecule has 0 amide bonds. The van der Waals surface area contributed by atoms with E-state index in [0.29, 0.717) is 22.7 Å². The van der Waals surface area contributed by atoms with Gasteiger partial charge in [0.2, 0.25) is 5.82 Å².